The summed E-state index contributed by atoms with van der Waals surface area (Å²) < 4.78 is 5.75. The van der Waals surface area contributed by atoms with Gasteiger partial charge in [0.1, 0.15) is 5.75 Å². The van der Waals surface area contributed by atoms with Crippen molar-refractivity contribution >= 4 is 17.8 Å². The van der Waals surface area contributed by atoms with Crippen LogP contribution >= 0.6 is 0 Å². The van der Waals surface area contributed by atoms with E-state index >= 15 is 0 Å². The quantitative estimate of drug-likeness (QED) is 0.462. The molecule has 6 heteroatoms. The minimum absolute atomic E-state index is 0.00347. The van der Waals surface area contributed by atoms with Gasteiger partial charge in [-0.05, 0) is 69.9 Å². The number of ether oxygens (including phenoxy) is 1. The van der Waals surface area contributed by atoms with Crippen molar-refractivity contribution in [1.29, 1.82) is 0 Å². The second-order valence-corrected chi connectivity index (χ2v) is 7.94. The van der Waals surface area contributed by atoms with Crippen LogP contribution in [0.25, 0.3) is 5.70 Å². The second kappa shape index (κ2) is 12.7. The third kappa shape index (κ3) is 7.54. The minimum Gasteiger partial charge on any atom is -0.491 e. The maximum atomic E-state index is 12.8. The van der Waals surface area contributed by atoms with E-state index in [-0.39, 0.29) is 24.7 Å². The lowest BCUT2D eigenvalue weighted by atomic mass is 10.0. The Balaban J connectivity index is 2.10. The van der Waals surface area contributed by atoms with Gasteiger partial charge in [0.15, 0.2) is 0 Å². The highest BCUT2D eigenvalue weighted by Gasteiger charge is 2.16. The molecule has 2 aromatic rings. The van der Waals surface area contributed by atoms with Crippen LogP contribution in [0.2, 0.25) is 0 Å². The summed E-state index contributed by atoms with van der Waals surface area (Å²) in [5.41, 5.74) is 4.43. The fourth-order valence-corrected chi connectivity index (χ4v) is 3.39. The Morgan fingerprint density at radius 2 is 1.84 bits per heavy atom. The molecule has 0 heterocycles. The molecule has 1 amide bonds. The largest absolute Gasteiger partial charge is 0.491 e. The molecule has 0 aliphatic carbocycles. The van der Waals surface area contributed by atoms with E-state index in [1.54, 1.807) is 12.3 Å². The zero-order valence-electron chi connectivity index (χ0n) is 19.7. The van der Waals surface area contributed by atoms with E-state index in [1.807, 2.05) is 77.3 Å². The number of nitrogens with one attached hydrogen (secondary N) is 2. The molecule has 0 aliphatic heterocycles. The van der Waals surface area contributed by atoms with Gasteiger partial charge in [-0.2, -0.15) is 0 Å². The van der Waals surface area contributed by atoms with E-state index in [4.69, 9.17) is 4.74 Å². The zero-order chi connectivity index (χ0) is 23.5. The smallest absolute Gasteiger partial charge is 0.251 e. The van der Waals surface area contributed by atoms with Crippen molar-refractivity contribution in [3.63, 3.8) is 0 Å². The number of benzene rings is 2. The molecule has 0 saturated carbocycles. The minimum atomic E-state index is -0.175. The maximum Gasteiger partial charge on any atom is 0.251 e. The maximum absolute atomic E-state index is 12.8. The van der Waals surface area contributed by atoms with Gasteiger partial charge in [-0.15, -0.1) is 0 Å². The van der Waals surface area contributed by atoms with Crippen LogP contribution in [-0.2, 0) is 6.42 Å². The number of aryl methyl sites for hydroxylation is 1. The molecule has 6 nitrogen and oxygen atoms in total. The first-order valence-corrected chi connectivity index (χ1v) is 11.0. The summed E-state index contributed by atoms with van der Waals surface area (Å²) in [5, 5.41) is 15.6. The van der Waals surface area contributed by atoms with Crippen LogP contribution < -0.4 is 15.4 Å². The van der Waals surface area contributed by atoms with E-state index in [9.17, 15) is 9.90 Å². The molecule has 32 heavy (non-hydrogen) atoms. The number of carbonyl (C=O) groups excluding carboxylic acids is 1. The lowest BCUT2D eigenvalue weighted by Gasteiger charge is -2.19. The van der Waals surface area contributed by atoms with E-state index < -0.39 is 0 Å². The molecule has 3 N–H and O–H groups in total. The molecule has 0 saturated heterocycles. The van der Waals surface area contributed by atoms with Crippen molar-refractivity contribution < 1.29 is 14.6 Å². The van der Waals surface area contributed by atoms with Gasteiger partial charge in [0, 0.05) is 43.2 Å². The molecular weight excluding hydrogens is 402 g/mol. The van der Waals surface area contributed by atoms with E-state index in [0.717, 1.165) is 28.1 Å². The Morgan fingerprint density at radius 3 is 2.41 bits per heavy atom. The predicted octanol–water partition coefficient (Wildman–Crippen LogP) is 4.11. The van der Waals surface area contributed by atoms with Crippen molar-refractivity contribution in [2.75, 3.05) is 13.7 Å². The number of aliphatic hydroxyl groups excluding tert-OH is 1. The first-order valence-electron chi connectivity index (χ1n) is 11.0. The number of hydrogen-bond acceptors (Lipinski definition) is 5. The number of rotatable bonds is 11. The Morgan fingerprint density at radius 1 is 1.16 bits per heavy atom. The van der Waals surface area contributed by atoms with Gasteiger partial charge in [0.2, 0.25) is 0 Å². The van der Waals surface area contributed by atoms with Gasteiger partial charge in [-0.3, -0.25) is 9.79 Å². The number of carbonyl (C=O) groups is 1. The van der Waals surface area contributed by atoms with E-state index in [1.165, 1.54) is 0 Å². The number of aliphatic hydroxyl groups is 1. The molecule has 2 rings (SSSR count). The summed E-state index contributed by atoms with van der Waals surface area (Å²) in [7, 11) is 1.84. The highest BCUT2D eigenvalue weighted by Crippen LogP contribution is 2.21. The Kier molecular flexibility index (Phi) is 9.95. The fourth-order valence-electron chi connectivity index (χ4n) is 3.39. The predicted molar refractivity (Wildman–Crippen MR) is 131 cm³/mol. The third-order valence-corrected chi connectivity index (χ3v) is 4.89. The van der Waals surface area contributed by atoms with Crippen LogP contribution in [0.4, 0.5) is 0 Å². The first kappa shape index (κ1) is 25.1. The summed E-state index contributed by atoms with van der Waals surface area (Å²) in [5.74, 6) is 0.624. The first-order chi connectivity index (χ1) is 15.4. The fraction of sp³-hybridized carbons (Fsp3) is 0.385. The Labute approximate surface area is 191 Å². The topological polar surface area (TPSA) is 83.0 Å². The Bertz CT molecular complexity index is 934. The molecule has 0 spiro atoms. The highest BCUT2D eigenvalue weighted by atomic mass is 16.5. The van der Waals surface area contributed by atoms with Crippen molar-refractivity contribution in [3.05, 3.63) is 70.9 Å². The number of aliphatic imine (C=N–C) groups is 1. The SMILES string of the molecule is CC=N/C(=C\NC)c1ccc(C[C@@H](CCO)NC(=O)c2ccc(OC(C)C)c(C)c2)cc1. The van der Waals surface area contributed by atoms with Crippen LogP contribution in [0, 0.1) is 6.92 Å². The molecule has 2 aromatic carbocycles. The standard InChI is InChI=1S/C26H35N3O3/c1-6-28-24(17-27-5)21-9-7-20(8-10-21)16-23(13-14-30)29-26(31)22-11-12-25(19(4)15-22)32-18(2)3/h6-12,15,17-18,23,27,30H,13-14,16H2,1-5H3,(H,29,31)/b24-17-,28-6?/t23-/m1/s1. The number of hydrogen-bond donors (Lipinski definition) is 3. The average molecular weight is 438 g/mol. The molecule has 0 radical (unpaired) electrons. The zero-order valence-corrected chi connectivity index (χ0v) is 19.7. The van der Waals surface area contributed by atoms with Crippen molar-refractivity contribution in [3.8, 4) is 5.75 Å². The molecule has 0 unspecified atom stereocenters. The van der Waals surface area contributed by atoms with Crippen LogP contribution in [0.3, 0.4) is 0 Å². The normalized spacial score (nSPS) is 12.8. The summed E-state index contributed by atoms with van der Waals surface area (Å²) in [4.78, 5) is 17.2. The number of amides is 1. The average Bonchev–Trinajstić information content (AvgIpc) is 2.75. The van der Waals surface area contributed by atoms with Crippen molar-refractivity contribution in [1.82, 2.24) is 10.6 Å². The van der Waals surface area contributed by atoms with Crippen LogP contribution in [0.5, 0.6) is 5.75 Å². The summed E-state index contributed by atoms with van der Waals surface area (Å²) >= 11 is 0. The van der Waals surface area contributed by atoms with Crippen molar-refractivity contribution in [2.24, 2.45) is 4.99 Å². The molecule has 172 valence electrons. The van der Waals surface area contributed by atoms with E-state index in [0.29, 0.717) is 18.4 Å². The lowest BCUT2D eigenvalue weighted by molar-refractivity contribution is 0.0930. The van der Waals surface area contributed by atoms with Crippen LogP contribution in [0.15, 0.2) is 53.7 Å². The highest BCUT2D eigenvalue weighted by molar-refractivity contribution is 5.94. The molecule has 0 bridgehead atoms. The summed E-state index contributed by atoms with van der Waals surface area (Å²) in [6, 6.07) is 13.4. The van der Waals surface area contributed by atoms with Gasteiger partial charge in [-0.25, -0.2) is 0 Å². The van der Waals surface area contributed by atoms with Gasteiger partial charge in [0.25, 0.3) is 5.91 Å². The van der Waals surface area contributed by atoms with Gasteiger partial charge >= 0.3 is 0 Å². The molecule has 0 aromatic heterocycles. The van der Waals surface area contributed by atoms with Crippen LogP contribution in [-0.4, -0.2) is 43.0 Å². The summed E-state index contributed by atoms with van der Waals surface area (Å²) in [6.45, 7) is 7.76. The summed E-state index contributed by atoms with van der Waals surface area (Å²) in [6.07, 6.45) is 4.79. The van der Waals surface area contributed by atoms with E-state index in [2.05, 4.69) is 15.6 Å². The van der Waals surface area contributed by atoms with Gasteiger partial charge < -0.3 is 20.5 Å². The molecule has 0 fully saturated rings. The number of nitrogens with zero attached hydrogens (tertiary/aromatic N) is 1. The van der Waals surface area contributed by atoms with Gasteiger partial charge in [-0.1, -0.05) is 24.3 Å². The molecular formula is C26H35N3O3. The van der Waals surface area contributed by atoms with Gasteiger partial charge in [0.05, 0.1) is 11.8 Å². The van der Waals surface area contributed by atoms with Crippen molar-refractivity contribution in [2.45, 2.75) is 52.7 Å². The second-order valence-electron chi connectivity index (χ2n) is 7.94. The van der Waals surface area contributed by atoms with Crippen LogP contribution in [0.1, 0.15) is 54.2 Å². The third-order valence-electron chi connectivity index (χ3n) is 4.89. The molecule has 0 aliphatic rings. The lowest BCUT2D eigenvalue weighted by Crippen LogP contribution is -2.37. The molecule has 1 atom stereocenters. The Hall–Kier alpha value is -3.12. The monoisotopic (exact) mass is 437 g/mol.